The lowest BCUT2D eigenvalue weighted by Gasteiger charge is -2.10. The number of benzene rings is 1. The summed E-state index contributed by atoms with van der Waals surface area (Å²) in [6.07, 6.45) is 0.989. The molecule has 0 amide bonds. The number of ether oxygens (including phenoxy) is 2. The zero-order valence-corrected chi connectivity index (χ0v) is 12.2. The van der Waals surface area contributed by atoms with Crippen LogP contribution in [0.2, 0.25) is 5.02 Å². The van der Waals surface area contributed by atoms with Crippen LogP contribution in [-0.4, -0.2) is 28.9 Å². The Kier molecular flexibility index (Phi) is 3.21. The molecule has 1 atom stereocenters. The molecule has 1 aromatic carbocycles. The third-order valence-electron chi connectivity index (χ3n) is 3.05. The molecule has 6 heteroatoms. The Morgan fingerprint density at radius 2 is 2.39 bits per heavy atom. The van der Waals surface area contributed by atoms with E-state index < -0.39 is 0 Å². The van der Waals surface area contributed by atoms with Crippen LogP contribution in [-0.2, 0) is 11.8 Å². The fourth-order valence-electron chi connectivity index (χ4n) is 2.07. The average Bonchev–Trinajstić information content (AvgIpc) is 2.95. The van der Waals surface area contributed by atoms with Crippen molar-refractivity contribution in [1.82, 2.24) is 9.55 Å². The summed E-state index contributed by atoms with van der Waals surface area (Å²) < 4.78 is 13.9. The molecule has 0 spiro atoms. The Bertz CT molecular complexity index is 593. The van der Waals surface area contributed by atoms with Crippen molar-refractivity contribution in [2.24, 2.45) is 7.05 Å². The molecule has 1 aliphatic heterocycles. The lowest BCUT2D eigenvalue weighted by atomic mass is 10.3. The normalized spacial score (nSPS) is 19.6. The second-order valence-corrected chi connectivity index (χ2v) is 5.52. The van der Waals surface area contributed by atoms with Crippen molar-refractivity contribution < 1.29 is 9.47 Å². The van der Waals surface area contributed by atoms with Crippen LogP contribution in [0.15, 0.2) is 16.6 Å². The maximum Gasteiger partial charge on any atom is 0.297 e. The van der Waals surface area contributed by atoms with Crippen LogP contribution in [0.25, 0.3) is 11.0 Å². The number of fused-ring (bicyclic) bond motifs is 1. The molecular weight excluding hydrogens is 320 g/mol. The van der Waals surface area contributed by atoms with Gasteiger partial charge in [-0.25, -0.2) is 0 Å². The van der Waals surface area contributed by atoms with E-state index in [1.54, 1.807) is 0 Å². The first-order valence-electron chi connectivity index (χ1n) is 5.71. The van der Waals surface area contributed by atoms with E-state index in [1.807, 2.05) is 23.7 Å². The summed E-state index contributed by atoms with van der Waals surface area (Å²) in [7, 11) is 1.90. The number of hydrogen-bond acceptors (Lipinski definition) is 3. The van der Waals surface area contributed by atoms with E-state index in [4.69, 9.17) is 21.1 Å². The van der Waals surface area contributed by atoms with E-state index in [-0.39, 0.29) is 6.10 Å². The van der Waals surface area contributed by atoms with Crippen LogP contribution in [0.3, 0.4) is 0 Å². The third kappa shape index (κ3) is 2.00. The van der Waals surface area contributed by atoms with Gasteiger partial charge in [0.2, 0.25) is 0 Å². The van der Waals surface area contributed by atoms with Crippen molar-refractivity contribution in [3.05, 3.63) is 21.6 Å². The van der Waals surface area contributed by atoms with Crippen molar-refractivity contribution in [3.8, 4) is 6.01 Å². The smallest absolute Gasteiger partial charge is 0.297 e. The molecule has 96 valence electrons. The van der Waals surface area contributed by atoms with E-state index in [0.717, 1.165) is 28.5 Å². The number of aromatic nitrogens is 2. The van der Waals surface area contributed by atoms with E-state index in [9.17, 15) is 0 Å². The van der Waals surface area contributed by atoms with Gasteiger partial charge in [0.05, 0.1) is 29.3 Å². The predicted molar refractivity (Wildman–Crippen MR) is 73.3 cm³/mol. The minimum absolute atomic E-state index is 0.0859. The molecule has 2 heterocycles. The van der Waals surface area contributed by atoms with Crippen LogP contribution in [0.4, 0.5) is 0 Å². The molecule has 18 heavy (non-hydrogen) atoms. The Morgan fingerprint density at radius 1 is 1.56 bits per heavy atom. The molecule has 4 nitrogen and oxygen atoms in total. The SMILES string of the molecule is Cn1c(OC2CCOC2)nc2ccc(Br)c(Cl)c21. The molecule has 1 unspecified atom stereocenters. The molecule has 2 aromatic rings. The molecule has 1 aromatic heterocycles. The van der Waals surface area contributed by atoms with Crippen LogP contribution in [0.5, 0.6) is 6.01 Å². The standard InChI is InChI=1S/C12H12BrClN2O2/c1-16-11-9(3-2-8(13)10(11)14)15-12(16)18-7-4-5-17-6-7/h2-3,7H,4-6H2,1H3. The zero-order valence-electron chi connectivity index (χ0n) is 9.82. The maximum absolute atomic E-state index is 6.27. The van der Waals surface area contributed by atoms with E-state index in [2.05, 4.69) is 20.9 Å². The highest BCUT2D eigenvalue weighted by atomic mass is 79.9. The number of hydrogen-bond donors (Lipinski definition) is 0. The number of halogens is 2. The number of rotatable bonds is 2. The summed E-state index contributed by atoms with van der Waals surface area (Å²) in [5.41, 5.74) is 1.71. The molecular formula is C12H12BrClN2O2. The largest absolute Gasteiger partial charge is 0.459 e. The monoisotopic (exact) mass is 330 g/mol. The van der Waals surface area contributed by atoms with E-state index in [1.165, 1.54) is 0 Å². The van der Waals surface area contributed by atoms with Crippen molar-refractivity contribution in [2.45, 2.75) is 12.5 Å². The molecule has 1 aliphatic rings. The van der Waals surface area contributed by atoms with Gasteiger partial charge in [-0.15, -0.1) is 0 Å². The maximum atomic E-state index is 6.27. The highest BCUT2D eigenvalue weighted by Crippen LogP contribution is 2.33. The predicted octanol–water partition coefficient (Wildman–Crippen LogP) is 3.16. The topological polar surface area (TPSA) is 36.3 Å². The minimum atomic E-state index is 0.0859. The van der Waals surface area contributed by atoms with Gasteiger partial charge in [0, 0.05) is 17.9 Å². The number of imidazole rings is 1. The Balaban J connectivity index is 2.02. The summed E-state index contributed by atoms with van der Waals surface area (Å²) in [6.45, 7) is 1.38. The second-order valence-electron chi connectivity index (χ2n) is 4.29. The summed E-state index contributed by atoms with van der Waals surface area (Å²) in [4.78, 5) is 4.46. The van der Waals surface area contributed by atoms with Crippen LogP contribution in [0.1, 0.15) is 6.42 Å². The Hall–Kier alpha value is -0.780. The highest BCUT2D eigenvalue weighted by Gasteiger charge is 2.21. The minimum Gasteiger partial charge on any atom is -0.459 e. The lowest BCUT2D eigenvalue weighted by Crippen LogP contribution is -2.17. The Labute approximate surface area is 118 Å². The second kappa shape index (κ2) is 4.72. The quantitative estimate of drug-likeness (QED) is 0.848. The van der Waals surface area contributed by atoms with Crippen LogP contribution < -0.4 is 4.74 Å². The molecule has 3 rings (SSSR count). The van der Waals surface area contributed by atoms with Crippen molar-refractivity contribution >= 4 is 38.6 Å². The van der Waals surface area contributed by atoms with Gasteiger partial charge in [0.15, 0.2) is 0 Å². The van der Waals surface area contributed by atoms with Crippen LogP contribution in [0, 0.1) is 0 Å². The summed E-state index contributed by atoms with van der Waals surface area (Å²) in [5, 5.41) is 0.653. The van der Waals surface area contributed by atoms with Gasteiger partial charge in [-0.05, 0) is 28.1 Å². The molecule has 0 radical (unpaired) electrons. The molecule has 0 aliphatic carbocycles. The first-order valence-corrected chi connectivity index (χ1v) is 6.88. The lowest BCUT2D eigenvalue weighted by molar-refractivity contribution is 0.132. The summed E-state index contributed by atoms with van der Waals surface area (Å²) >= 11 is 9.69. The number of nitrogens with zero attached hydrogens (tertiary/aromatic N) is 2. The Morgan fingerprint density at radius 3 is 3.11 bits per heavy atom. The van der Waals surface area contributed by atoms with Gasteiger partial charge < -0.3 is 9.47 Å². The zero-order chi connectivity index (χ0) is 12.7. The van der Waals surface area contributed by atoms with Crippen molar-refractivity contribution in [3.63, 3.8) is 0 Å². The average molecular weight is 332 g/mol. The molecule has 1 fully saturated rings. The fourth-order valence-corrected chi connectivity index (χ4v) is 2.68. The van der Waals surface area contributed by atoms with Gasteiger partial charge in [0.1, 0.15) is 6.10 Å². The van der Waals surface area contributed by atoms with Gasteiger partial charge in [-0.3, -0.25) is 4.57 Å². The first kappa shape index (κ1) is 12.3. The fraction of sp³-hybridized carbons (Fsp3) is 0.417. The van der Waals surface area contributed by atoms with E-state index >= 15 is 0 Å². The van der Waals surface area contributed by atoms with Gasteiger partial charge in [-0.1, -0.05) is 11.6 Å². The number of aryl methyl sites for hydroxylation is 1. The molecule has 0 bridgehead atoms. The molecule has 1 saturated heterocycles. The van der Waals surface area contributed by atoms with Crippen molar-refractivity contribution in [1.29, 1.82) is 0 Å². The molecule has 0 N–H and O–H groups in total. The summed E-state index contributed by atoms with van der Waals surface area (Å²) in [5.74, 6) is 0. The first-order chi connectivity index (χ1) is 8.66. The summed E-state index contributed by atoms with van der Waals surface area (Å²) in [6, 6.07) is 4.39. The van der Waals surface area contributed by atoms with Crippen LogP contribution >= 0.6 is 27.5 Å². The third-order valence-corrected chi connectivity index (χ3v) is 4.32. The van der Waals surface area contributed by atoms with Crippen molar-refractivity contribution in [2.75, 3.05) is 13.2 Å². The molecule has 0 saturated carbocycles. The highest BCUT2D eigenvalue weighted by molar-refractivity contribution is 9.10. The van der Waals surface area contributed by atoms with Gasteiger partial charge in [-0.2, -0.15) is 4.98 Å². The van der Waals surface area contributed by atoms with E-state index in [0.29, 0.717) is 17.6 Å². The van der Waals surface area contributed by atoms with Gasteiger partial charge in [0.25, 0.3) is 6.01 Å². The van der Waals surface area contributed by atoms with Gasteiger partial charge >= 0.3 is 0 Å².